The Balaban J connectivity index is 1.95. The van der Waals surface area contributed by atoms with Crippen LogP contribution in [0.25, 0.3) is 0 Å². The van der Waals surface area contributed by atoms with Crippen LogP contribution in [-0.2, 0) is 18.4 Å². The molecule has 0 unspecified atom stereocenters. The average molecular weight is 344 g/mol. The Morgan fingerprint density at radius 2 is 1.96 bits per heavy atom. The van der Waals surface area contributed by atoms with Crippen molar-refractivity contribution in [2.75, 3.05) is 7.11 Å². The highest BCUT2D eigenvalue weighted by Crippen LogP contribution is 2.38. The predicted octanol–water partition coefficient (Wildman–Crippen LogP) is 1.79. The van der Waals surface area contributed by atoms with Crippen molar-refractivity contribution in [1.82, 2.24) is 14.7 Å². The van der Waals surface area contributed by atoms with E-state index in [9.17, 15) is 14.9 Å². The smallest absolute Gasteiger partial charge is 0.250 e. The quantitative estimate of drug-likeness (QED) is 0.609. The first-order valence-electron chi connectivity index (χ1n) is 7.99. The second kappa shape index (κ2) is 6.54. The van der Waals surface area contributed by atoms with E-state index in [2.05, 4.69) is 5.10 Å². The fraction of sp³-hybridized carbons (Fsp3) is 0.412. The molecule has 1 saturated heterocycles. The molecule has 2 aromatic rings. The van der Waals surface area contributed by atoms with E-state index >= 15 is 0 Å². The summed E-state index contributed by atoms with van der Waals surface area (Å²) in [6.45, 7) is 1.90. The van der Waals surface area contributed by atoms with Crippen molar-refractivity contribution in [2.24, 2.45) is 13.0 Å². The van der Waals surface area contributed by atoms with E-state index in [1.165, 1.54) is 0 Å². The number of nitrogens with zero attached hydrogens (tertiary/aromatic N) is 4. The van der Waals surface area contributed by atoms with Gasteiger partial charge in [-0.1, -0.05) is 12.1 Å². The minimum absolute atomic E-state index is 0.229. The Labute approximate surface area is 145 Å². The van der Waals surface area contributed by atoms with Crippen LogP contribution in [0.2, 0.25) is 0 Å². The van der Waals surface area contributed by atoms with Gasteiger partial charge in [0, 0.05) is 24.7 Å². The third-order valence-corrected chi connectivity index (χ3v) is 4.64. The van der Waals surface area contributed by atoms with E-state index in [1.807, 2.05) is 12.1 Å². The van der Waals surface area contributed by atoms with Gasteiger partial charge in [-0.15, -0.1) is 0 Å². The fourth-order valence-electron chi connectivity index (χ4n) is 3.33. The maximum atomic E-state index is 12.7. The zero-order valence-electron chi connectivity index (χ0n) is 14.3. The van der Waals surface area contributed by atoms with Crippen molar-refractivity contribution in [3.05, 3.63) is 57.9 Å². The zero-order valence-corrected chi connectivity index (χ0v) is 14.3. The second-order valence-electron chi connectivity index (χ2n) is 6.24. The summed E-state index contributed by atoms with van der Waals surface area (Å²) >= 11 is 0. The standard InChI is InChI=1S/C17H20N4O4/c1-11-15(21(23)24)16(14-8-9-19(2)18-14)20(17(11)22)10-12-4-6-13(25-3)7-5-12/h4-9,11,15-16H,10H2,1-3H3/t11-,15-,16+/m0/s1. The van der Waals surface area contributed by atoms with Crippen molar-refractivity contribution < 1.29 is 14.5 Å². The van der Waals surface area contributed by atoms with E-state index in [0.717, 1.165) is 5.56 Å². The molecule has 0 saturated carbocycles. The first-order chi connectivity index (χ1) is 11.9. The molecule has 132 valence electrons. The number of carbonyl (C=O) groups excluding carboxylic acids is 1. The summed E-state index contributed by atoms with van der Waals surface area (Å²) in [5.74, 6) is -0.206. The fourth-order valence-corrected chi connectivity index (χ4v) is 3.33. The summed E-state index contributed by atoms with van der Waals surface area (Å²) in [6, 6.07) is 7.35. The van der Waals surface area contributed by atoms with Crippen LogP contribution in [0, 0.1) is 16.0 Å². The van der Waals surface area contributed by atoms with Crippen LogP contribution in [0.5, 0.6) is 5.75 Å². The number of benzene rings is 1. The van der Waals surface area contributed by atoms with Gasteiger partial charge >= 0.3 is 0 Å². The molecule has 0 aliphatic carbocycles. The molecule has 1 aliphatic heterocycles. The van der Waals surface area contributed by atoms with Gasteiger partial charge in [-0.3, -0.25) is 19.6 Å². The SMILES string of the molecule is COc1ccc(CN2C(=O)[C@@H](C)[C@H]([N+](=O)[O-])[C@H]2c2ccn(C)n2)cc1. The Kier molecular flexibility index (Phi) is 4.43. The van der Waals surface area contributed by atoms with Crippen LogP contribution >= 0.6 is 0 Å². The first kappa shape index (κ1) is 16.9. The molecule has 2 heterocycles. The second-order valence-corrected chi connectivity index (χ2v) is 6.24. The van der Waals surface area contributed by atoms with Crippen LogP contribution in [-0.4, -0.2) is 38.7 Å². The number of nitro groups is 1. The van der Waals surface area contributed by atoms with Crippen molar-refractivity contribution in [3.63, 3.8) is 0 Å². The summed E-state index contributed by atoms with van der Waals surface area (Å²) in [4.78, 5) is 25.5. The number of aromatic nitrogens is 2. The van der Waals surface area contributed by atoms with Gasteiger partial charge in [0.15, 0.2) is 0 Å². The monoisotopic (exact) mass is 344 g/mol. The molecule has 3 rings (SSSR count). The molecule has 1 aromatic heterocycles. The largest absolute Gasteiger partial charge is 0.497 e. The van der Waals surface area contributed by atoms with Gasteiger partial charge in [-0.05, 0) is 30.7 Å². The Hall–Kier alpha value is -2.90. The third kappa shape index (κ3) is 3.07. The van der Waals surface area contributed by atoms with Crippen LogP contribution in [0.4, 0.5) is 0 Å². The molecule has 25 heavy (non-hydrogen) atoms. The molecule has 8 nitrogen and oxygen atoms in total. The normalized spacial score (nSPS) is 23.1. The average Bonchev–Trinajstić information content (AvgIpc) is 3.12. The van der Waals surface area contributed by atoms with E-state index in [4.69, 9.17) is 4.74 Å². The summed E-state index contributed by atoms with van der Waals surface area (Å²) in [5, 5.41) is 15.9. The zero-order chi connectivity index (χ0) is 18.1. The van der Waals surface area contributed by atoms with Gasteiger partial charge in [-0.25, -0.2) is 0 Å². The van der Waals surface area contributed by atoms with E-state index in [0.29, 0.717) is 18.0 Å². The molecular weight excluding hydrogens is 324 g/mol. The van der Waals surface area contributed by atoms with Crippen molar-refractivity contribution in [2.45, 2.75) is 25.6 Å². The lowest BCUT2D eigenvalue weighted by Gasteiger charge is -2.23. The summed E-state index contributed by atoms with van der Waals surface area (Å²) < 4.78 is 6.73. The van der Waals surface area contributed by atoms with Gasteiger partial charge in [0.2, 0.25) is 11.9 Å². The first-order valence-corrected chi connectivity index (χ1v) is 7.99. The third-order valence-electron chi connectivity index (χ3n) is 4.64. The van der Waals surface area contributed by atoms with E-state index < -0.39 is 18.0 Å². The van der Waals surface area contributed by atoms with Crippen LogP contribution in [0.15, 0.2) is 36.5 Å². The number of hydrogen-bond acceptors (Lipinski definition) is 5. The van der Waals surface area contributed by atoms with Gasteiger partial charge < -0.3 is 9.64 Å². The highest BCUT2D eigenvalue weighted by Gasteiger charge is 2.54. The van der Waals surface area contributed by atoms with Gasteiger partial charge in [0.25, 0.3) is 0 Å². The highest BCUT2D eigenvalue weighted by atomic mass is 16.6. The Bertz CT molecular complexity index is 786. The van der Waals surface area contributed by atoms with Crippen LogP contribution in [0.3, 0.4) is 0 Å². The molecule has 1 fully saturated rings. The van der Waals surface area contributed by atoms with E-state index in [-0.39, 0.29) is 10.8 Å². The van der Waals surface area contributed by atoms with Crippen molar-refractivity contribution in [1.29, 1.82) is 0 Å². The number of hydrogen-bond donors (Lipinski definition) is 0. The minimum Gasteiger partial charge on any atom is -0.497 e. The molecule has 3 atom stereocenters. The molecule has 0 spiro atoms. The van der Waals surface area contributed by atoms with Crippen LogP contribution < -0.4 is 4.74 Å². The molecule has 1 aliphatic rings. The number of likely N-dealkylation sites (tertiary alicyclic amines) is 1. The number of ether oxygens (including phenoxy) is 1. The summed E-state index contributed by atoms with van der Waals surface area (Å²) in [5.41, 5.74) is 1.42. The molecule has 8 heteroatoms. The molecular formula is C17H20N4O4. The Morgan fingerprint density at radius 3 is 2.48 bits per heavy atom. The molecule has 1 amide bonds. The van der Waals surface area contributed by atoms with Gasteiger partial charge in [-0.2, -0.15) is 5.10 Å². The number of aryl methyl sites for hydroxylation is 1. The van der Waals surface area contributed by atoms with E-state index in [1.54, 1.807) is 55.1 Å². The lowest BCUT2D eigenvalue weighted by Crippen LogP contribution is -2.33. The summed E-state index contributed by atoms with van der Waals surface area (Å²) in [6.07, 6.45) is 1.73. The van der Waals surface area contributed by atoms with Crippen molar-refractivity contribution in [3.8, 4) is 5.75 Å². The van der Waals surface area contributed by atoms with Crippen molar-refractivity contribution >= 4 is 5.91 Å². The maximum absolute atomic E-state index is 12.7. The van der Waals surface area contributed by atoms with Crippen LogP contribution in [0.1, 0.15) is 24.2 Å². The molecule has 1 aromatic carbocycles. The lowest BCUT2D eigenvalue weighted by molar-refractivity contribution is -0.532. The summed E-state index contributed by atoms with van der Waals surface area (Å²) in [7, 11) is 3.33. The minimum atomic E-state index is -1.01. The van der Waals surface area contributed by atoms with Gasteiger partial charge in [0.05, 0.1) is 12.8 Å². The lowest BCUT2D eigenvalue weighted by atomic mass is 9.99. The topological polar surface area (TPSA) is 90.5 Å². The number of rotatable bonds is 5. The molecule has 0 N–H and O–H groups in total. The predicted molar refractivity (Wildman–Crippen MR) is 89.4 cm³/mol. The maximum Gasteiger partial charge on any atom is 0.250 e. The number of carbonyl (C=O) groups is 1. The number of methoxy groups -OCH3 is 1. The molecule has 0 radical (unpaired) electrons. The number of amides is 1. The highest BCUT2D eigenvalue weighted by molar-refractivity contribution is 5.82. The van der Waals surface area contributed by atoms with Gasteiger partial charge in [0.1, 0.15) is 17.7 Å². The Morgan fingerprint density at radius 1 is 1.28 bits per heavy atom. The molecule has 0 bridgehead atoms.